The number of para-hydroxylation sites is 1. The second kappa shape index (κ2) is 6.76. The molecule has 1 heterocycles. The van der Waals surface area contributed by atoms with Gasteiger partial charge in [0.05, 0.1) is 17.0 Å². The van der Waals surface area contributed by atoms with Crippen LogP contribution in [0.2, 0.25) is 0 Å². The first kappa shape index (κ1) is 16.1. The van der Waals surface area contributed by atoms with Crippen LogP contribution in [0.1, 0.15) is 16.7 Å². The van der Waals surface area contributed by atoms with E-state index in [4.69, 9.17) is 5.41 Å². The fourth-order valence-corrected chi connectivity index (χ4v) is 2.61. The van der Waals surface area contributed by atoms with Gasteiger partial charge in [-0.15, -0.1) is 12.6 Å². The van der Waals surface area contributed by atoms with Gasteiger partial charge in [0, 0.05) is 22.3 Å². The molecular weight excluding hydrogens is 318 g/mol. The molecule has 3 rings (SSSR count). The SMILES string of the molecule is Cc1ccccc1Nc1cc[nH]c(=O)c1C(=N)c1ccc(S)cc1. The maximum atomic E-state index is 12.3. The van der Waals surface area contributed by atoms with E-state index in [0.717, 1.165) is 16.1 Å². The highest BCUT2D eigenvalue weighted by Gasteiger charge is 2.15. The Hall–Kier alpha value is -2.79. The van der Waals surface area contributed by atoms with Gasteiger partial charge in [-0.05, 0) is 36.8 Å². The molecule has 3 N–H and O–H groups in total. The van der Waals surface area contributed by atoms with Crippen molar-refractivity contribution in [2.45, 2.75) is 11.8 Å². The van der Waals surface area contributed by atoms with Gasteiger partial charge in [-0.1, -0.05) is 30.3 Å². The topological polar surface area (TPSA) is 68.7 Å². The Bertz CT molecular complexity index is 945. The summed E-state index contributed by atoms with van der Waals surface area (Å²) in [5, 5.41) is 11.7. The van der Waals surface area contributed by atoms with Crippen LogP contribution in [0.15, 0.2) is 70.5 Å². The molecule has 0 saturated carbocycles. The molecule has 2 aromatic carbocycles. The van der Waals surface area contributed by atoms with Crippen molar-refractivity contribution in [3.8, 4) is 0 Å². The van der Waals surface area contributed by atoms with E-state index in [1.807, 2.05) is 31.2 Å². The highest BCUT2D eigenvalue weighted by molar-refractivity contribution is 7.80. The van der Waals surface area contributed by atoms with E-state index >= 15 is 0 Å². The van der Waals surface area contributed by atoms with Crippen LogP contribution in [-0.4, -0.2) is 10.7 Å². The molecular formula is C19H17N3OS. The zero-order valence-corrected chi connectivity index (χ0v) is 14.0. The van der Waals surface area contributed by atoms with Crippen LogP contribution in [0.4, 0.5) is 11.4 Å². The van der Waals surface area contributed by atoms with Crippen LogP contribution in [0.25, 0.3) is 0 Å². The zero-order chi connectivity index (χ0) is 17.1. The van der Waals surface area contributed by atoms with Crippen molar-refractivity contribution in [3.63, 3.8) is 0 Å². The minimum absolute atomic E-state index is 0.168. The van der Waals surface area contributed by atoms with Gasteiger partial charge in [0.1, 0.15) is 0 Å². The molecule has 3 aromatic rings. The molecule has 0 aliphatic heterocycles. The summed E-state index contributed by atoms with van der Waals surface area (Å²) < 4.78 is 0. The number of thiol groups is 1. The van der Waals surface area contributed by atoms with Gasteiger partial charge in [0.2, 0.25) is 0 Å². The van der Waals surface area contributed by atoms with E-state index < -0.39 is 0 Å². The van der Waals surface area contributed by atoms with E-state index in [1.165, 1.54) is 0 Å². The number of pyridine rings is 1. The number of nitrogens with one attached hydrogen (secondary N) is 3. The molecule has 24 heavy (non-hydrogen) atoms. The van der Waals surface area contributed by atoms with E-state index in [-0.39, 0.29) is 11.3 Å². The number of H-pyrrole nitrogens is 1. The van der Waals surface area contributed by atoms with Gasteiger partial charge < -0.3 is 10.3 Å². The molecule has 0 bridgehead atoms. The maximum absolute atomic E-state index is 12.3. The summed E-state index contributed by atoms with van der Waals surface area (Å²) >= 11 is 4.25. The van der Waals surface area contributed by atoms with Gasteiger partial charge >= 0.3 is 0 Å². The highest BCUT2D eigenvalue weighted by atomic mass is 32.1. The summed E-state index contributed by atoms with van der Waals surface area (Å²) in [6.45, 7) is 1.99. The number of hydrogen-bond donors (Lipinski definition) is 4. The van der Waals surface area contributed by atoms with Gasteiger partial charge in [0.25, 0.3) is 5.56 Å². The number of aryl methyl sites for hydroxylation is 1. The van der Waals surface area contributed by atoms with Crippen molar-refractivity contribution in [3.05, 3.63) is 87.8 Å². The Morgan fingerprint density at radius 1 is 1.04 bits per heavy atom. The van der Waals surface area contributed by atoms with Crippen LogP contribution in [0.3, 0.4) is 0 Å². The molecule has 0 aliphatic rings. The Labute approximate surface area is 145 Å². The summed E-state index contributed by atoms with van der Waals surface area (Å²) in [6.07, 6.45) is 1.58. The summed E-state index contributed by atoms with van der Waals surface area (Å²) in [7, 11) is 0. The van der Waals surface area contributed by atoms with E-state index in [2.05, 4.69) is 22.9 Å². The molecule has 5 heteroatoms. The Morgan fingerprint density at radius 3 is 2.46 bits per heavy atom. The lowest BCUT2D eigenvalue weighted by atomic mass is 10.0. The predicted molar refractivity (Wildman–Crippen MR) is 101 cm³/mol. The number of benzene rings is 2. The third-order valence-corrected chi connectivity index (χ3v) is 4.08. The van der Waals surface area contributed by atoms with E-state index in [1.54, 1.807) is 36.5 Å². The van der Waals surface area contributed by atoms with Crippen LogP contribution in [-0.2, 0) is 0 Å². The summed E-state index contributed by atoms with van der Waals surface area (Å²) in [5.74, 6) is 0. The Balaban J connectivity index is 2.05. The van der Waals surface area contributed by atoms with Crippen molar-refractivity contribution in [2.24, 2.45) is 0 Å². The minimum atomic E-state index is -0.298. The van der Waals surface area contributed by atoms with Crippen molar-refractivity contribution in [2.75, 3.05) is 5.32 Å². The van der Waals surface area contributed by atoms with Crippen LogP contribution < -0.4 is 10.9 Å². The standard InChI is InChI=1S/C19H17N3OS/c1-12-4-2-3-5-15(12)22-16-10-11-21-19(23)17(16)18(20)13-6-8-14(24)9-7-13/h2-11,20,24H,1H3,(H2,21,22,23). The van der Waals surface area contributed by atoms with Crippen molar-refractivity contribution < 1.29 is 0 Å². The first-order valence-electron chi connectivity index (χ1n) is 7.49. The van der Waals surface area contributed by atoms with Crippen LogP contribution >= 0.6 is 12.6 Å². The normalized spacial score (nSPS) is 10.4. The number of hydrogen-bond acceptors (Lipinski definition) is 4. The van der Waals surface area contributed by atoms with Crippen LogP contribution in [0.5, 0.6) is 0 Å². The molecule has 0 radical (unpaired) electrons. The number of anilines is 2. The maximum Gasteiger partial charge on any atom is 0.259 e. The number of aromatic amines is 1. The van der Waals surface area contributed by atoms with E-state index in [9.17, 15) is 4.79 Å². The number of rotatable bonds is 4. The first-order valence-corrected chi connectivity index (χ1v) is 7.93. The average molecular weight is 335 g/mol. The predicted octanol–water partition coefficient (Wildman–Crippen LogP) is 4.13. The van der Waals surface area contributed by atoms with Gasteiger partial charge in [-0.3, -0.25) is 10.2 Å². The molecule has 1 aromatic heterocycles. The molecule has 0 atom stereocenters. The molecule has 0 spiro atoms. The third-order valence-electron chi connectivity index (χ3n) is 3.78. The number of aromatic nitrogens is 1. The fraction of sp³-hybridized carbons (Fsp3) is 0.0526. The lowest BCUT2D eigenvalue weighted by Gasteiger charge is -2.14. The molecule has 0 aliphatic carbocycles. The van der Waals surface area contributed by atoms with Gasteiger partial charge in [-0.2, -0.15) is 0 Å². The Kier molecular flexibility index (Phi) is 4.53. The summed E-state index contributed by atoms with van der Waals surface area (Å²) in [5.41, 5.74) is 3.42. The summed E-state index contributed by atoms with van der Waals surface area (Å²) in [4.78, 5) is 15.8. The monoisotopic (exact) mass is 335 g/mol. The van der Waals surface area contributed by atoms with E-state index in [0.29, 0.717) is 16.8 Å². The quantitative estimate of drug-likeness (QED) is 0.428. The molecule has 120 valence electrons. The minimum Gasteiger partial charge on any atom is -0.355 e. The second-order valence-electron chi connectivity index (χ2n) is 5.46. The molecule has 0 fully saturated rings. The van der Waals surface area contributed by atoms with Gasteiger partial charge in [-0.25, -0.2) is 0 Å². The molecule has 0 saturated heterocycles. The smallest absolute Gasteiger partial charge is 0.259 e. The second-order valence-corrected chi connectivity index (χ2v) is 5.97. The molecule has 0 amide bonds. The fourth-order valence-electron chi connectivity index (χ4n) is 2.46. The van der Waals surface area contributed by atoms with Crippen molar-refractivity contribution in [1.82, 2.24) is 4.98 Å². The van der Waals surface area contributed by atoms with Gasteiger partial charge in [0.15, 0.2) is 0 Å². The van der Waals surface area contributed by atoms with Crippen molar-refractivity contribution >= 4 is 29.7 Å². The van der Waals surface area contributed by atoms with Crippen molar-refractivity contribution in [1.29, 1.82) is 5.41 Å². The largest absolute Gasteiger partial charge is 0.355 e. The first-order chi connectivity index (χ1) is 11.6. The molecule has 4 nitrogen and oxygen atoms in total. The summed E-state index contributed by atoms with van der Waals surface area (Å²) in [6, 6.07) is 16.8. The Morgan fingerprint density at radius 2 is 1.75 bits per heavy atom. The third kappa shape index (κ3) is 3.26. The lowest BCUT2D eigenvalue weighted by Crippen LogP contribution is -2.20. The lowest BCUT2D eigenvalue weighted by molar-refractivity contribution is 1.21. The zero-order valence-electron chi connectivity index (χ0n) is 13.1. The highest BCUT2D eigenvalue weighted by Crippen LogP contribution is 2.23. The van der Waals surface area contributed by atoms with Crippen LogP contribution in [0, 0.1) is 12.3 Å². The molecule has 0 unspecified atom stereocenters. The average Bonchev–Trinajstić information content (AvgIpc) is 2.57.